The second-order valence-electron chi connectivity index (χ2n) is 5.71. The largest absolute Gasteiger partial charge is 0.353 e. The molecule has 1 atom stereocenters. The molecule has 1 aliphatic heterocycles. The normalized spacial score (nSPS) is 18.0. The minimum absolute atomic E-state index is 0.0795. The number of aromatic nitrogens is 1. The molecule has 1 aliphatic rings. The minimum atomic E-state index is -0.203. The summed E-state index contributed by atoms with van der Waals surface area (Å²) >= 11 is 0. The summed E-state index contributed by atoms with van der Waals surface area (Å²) in [5, 5.41) is 9.73. The van der Waals surface area contributed by atoms with Gasteiger partial charge >= 0.3 is 0 Å². The zero-order valence-electron chi connectivity index (χ0n) is 13.0. The number of nitrogens with zero attached hydrogens (tertiary/aromatic N) is 2. The molecule has 0 N–H and O–H groups in total. The highest BCUT2D eigenvalue weighted by atomic mass is 16.7. The van der Waals surface area contributed by atoms with E-state index in [2.05, 4.69) is 0 Å². The van der Waals surface area contributed by atoms with Crippen LogP contribution in [0.15, 0.2) is 35.3 Å². The summed E-state index contributed by atoms with van der Waals surface area (Å²) < 4.78 is 13.2. The summed E-state index contributed by atoms with van der Waals surface area (Å²) in [6.45, 7) is 2.08. The molecule has 5 nitrogen and oxygen atoms in total. The minimum Gasteiger partial charge on any atom is -0.353 e. The van der Waals surface area contributed by atoms with E-state index in [0.29, 0.717) is 18.5 Å². The first-order valence-electron chi connectivity index (χ1n) is 8.05. The molecule has 0 saturated carbocycles. The molecule has 1 saturated heterocycles. The molecule has 0 amide bonds. The summed E-state index contributed by atoms with van der Waals surface area (Å²) in [5.74, 6) is 0. The Morgan fingerprint density at radius 1 is 1.35 bits per heavy atom. The molecule has 1 aromatic carbocycles. The average Bonchev–Trinajstić information content (AvgIpc) is 2.61. The molecule has 0 spiro atoms. The Morgan fingerprint density at radius 3 is 3.00 bits per heavy atom. The molecular weight excluding hydrogens is 292 g/mol. The standard InChI is InChI=1S/C18H20N2O3/c19-12-14-13-20(16-7-2-1-6-15(16)18(14)21)9-5-11-23-17-8-3-4-10-22-17/h1-2,6-7,13,17H,3-5,8-11H2. The van der Waals surface area contributed by atoms with Crippen LogP contribution in [0.3, 0.4) is 0 Å². The van der Waals surface area contributed by atoms with Crippen molar-refractivity contribution in [3.63, 3.8) is 0 Å². The summed E-state index contributed by atoms with van der Waals surface area (Å²) in [6.07, 6.45) is 5.59. The van der Waals surface area contributed by atoms with Crippen molar-refractivity contribution in [2.24, 2.45) is 0 Å². The maximum atomic E-state index is 12.2. The lowest BCUT2D eigenvalue weighted by Gasteiger charge is -2.22. The lowest BCUT2D eigenvalue weighted by Crippen LogP contribution is -2.23. The molecule has 1 unspecified atom stereocenters. The first-order chi connectivity index (χ1) is 11.3. The summed E-state index contributed by atoms with van der Waals surface area (Å²) in [4.78, 5) is 12.2. The monoisotopic (exact) mass is 312 g/mol. The van der Waals surface area contributed by atoms with Crippen LogP contribution in [0, 0.1) is 11.3 Å². The van der Waals surface area contributed by atoms with Gasteiger partial charge in [-0.15, -0.1) is 0 Å². The number of pyridine rings is 1. The fraction of sp³-hybridized carbons (Fsp3) is 0.444. The van der Waals surface area contributed by atoms with Gasteiger partial charge in [-0.25, -0.2) is 0 Å². The number of fused-ring (bicyclic) bond motifs is 1. The number of benzene rings is 1. The van der Waals surface area contributed by atoms with Gasteiger partial charge in [-0.05, 0) is 37.8 Å². The van der Waals surface area contributed by atoms with Gasteiger partial charge in [0.2, 0.25) is 5.43 Å². The Kier molecular flexibility index (Phi) is 5.06. The van der Waals surface area contributed by atoms with E-state index in [1.54, 1.807) is 12.3 Å². The van der Waals surface area contributed by atoms with E-state index in [9.17, 15) is 4.79 Å². The third-order valence-corrected chi connectivity index (χ3v) is 4.09. The SMILES string of the molecule is N#Cc1cn(CCCOC2CCCCO2)c2ccccc2c1=O. The Hall–Kier alpha value is -2.16. The molecule has 23 heavy (non-hydrogen) atoms. The average molecular weight is 312 g/mol. The van der Waals surface area contributed by atoms with Crippen molar-refractivity contribution in [3.8, 4) is 6.07 Å². The number of aryl methyl sites for hydroxylation is 1. The van der Waals surface area contributed by atoms with E-state index in [0.717, 1.165) is 37.8 Å². The molecule has 0 radical (unpaired) electrons. The van der Waals surface area contributed by atoms with E-state index in [1.165, 1.54) is 0 Å². The molecule has 0 aliphatic carbocycles. The first kappa shape index (κ1) is 15.7. The van der Waals surface area contributed by atoms with Crippen molar-refractivity contribution in [1.82, 2.24) is 4.57 Å². The molecule has 0 bridgehead atoms. The van der Waals surface area contributed by atoms with Gasteiger partial charge in [0, 0.05) is 24.7 Å². The van der Waals surface area contributed by atoms with Crippen LogP contribution in [0.4, 0.5) is 0 Å². The van der Waals surface area contributed by atoms with Crippen molar-refractivity contribution < 1.29 is 9.47 Å². The van der Waals surface area contributed by atoms with Crippen molar-refractivity contribution in [1.29, 1.82) is 5.26 Å². The highest BCUT2D eigenvalue weighted by Gasteiger charge is 2.13. The summed E-state index contributed by atoms with van der Waals surface area (Å²) in [6, 6.07) is 9.37. The Morgan fingerprint density at radius 2 is 2.22 bits per heavy atom. The van der Waals surface area contributed by atoms with Gasteiger partial charge in [-0.2, -0.15) is 5.26 Å². The fourth-order valence-electron chi connectivity index (χ4n) is 2.90. The van der Waals surface area contributed by atoms with Gasteiger partial charge in [0.25, 0.3) is 0 Å². The van der Waals surface area contributed by atoms with Gasteiger partial charge in [0.1, 0.15) is 11.6 Å². The van der Waals surface area contributed by atoms with Gasteiger partial charge in [-0.1, -0.05) is 12.1 Å². The van der Waals surface area contributed by atoms with Gasteiger partial charge < -0.3 is 14.0 Å². The molecule has 2 aromatic rings. The zero-order chi connectivity index (χ0) is 16.1. The van der Waals surface area contributed by atoms with Crippen LogP contribution < -0.4 is 5.43 Å². The van der Waals surface area contributed by atoms with Crippen LogP contribution in [-0.2, 0) is 16.0 Å². The molecule has 3 rings (SSSR count). The molecular formula is C18H20N2O3. The second-order valence-corrected chi connectivity index (χ2v) is 5.71. The van der Waals surface area contributed by atoms with E-state index < -0.39 is 0 Å². The number of para-hydroxylation sites is 1. The van der Waals surface area contributed by atoms with Crippen LogP contribution in [0.2, 0.25) is 0 Å². The zero-order valence-corrected chi connectivity index (χ0v) is 13.0. The Balaban J connectivity index is 1.69. The van der Waals surface area contributed by atoms with Crippen LogP contribution in [0.1, 0.15) is 31.2 Å². The van der Waals surface area contributed by atoms with Crippen molar-refractivity contribution in [3.05, 3.63) is 46.2 Å². The Labute approximate surface area is 135 Å². The maximum Gasteiger partial charge on any atom is 0.207 e. The fourth-order valence-corrected chi connectivity index (χ4v) is 2.90. The summed E-state index contributed by atoms with van der Waals surface area (Å²) in [5.41, 5.74) is 0.830. The predicted octanol–water partition coefficient (Wildman–Crippen LogP) is 2.81. The lowest BCUT2D eigenvalue weighted by molar-refractivity contribution is -0.162. The predicted molar refractivity (Wildman–Crippen MR) is 87.1 cm³/mol. The van der Waals surface area contributed by atoms with Gasteiger partial charge in [0.15, 0.2) is 6.29 Å². The molecule has 1 fully saturated rings. The molecule has 5 heteroatoms. The highest BCUT2D eigenvalue weighted by Crippen LogP contribution is 2.15. The quantitative estimate of drug-likeness (QED) is 0.796. The number of hydrogen-bond acceptors (Lipinski definition) is 4. The number of nitriles is 1. The van der Waals surface area contributed by atoms with Gasteiger partial charge in [0.05, 0.1) is 12.1 Å². The first-order valence-corrected chi connectivity index (χ1v) is 8.05. The highest BCUT2D eigenvalue weighted by molar-refractivity contribution is 5.80. The van der Waals surface area contributed by atoms with E-state index in [4.69, 9.17) is 14.7 Å². The van der Waals surface area contributed by atoms with Crippen molar-refractivity contribution >= 4 is 10.9 Å². The lowest BCUT2D eigenvalue weighted by atomic mass is 10.1. The van der Waals surface area contributed by atoms with E-state index >= 15 is 0 Å². The number of ether oxygens (including phenoxy) is 2. The topological polar surface area (TPSA) is 64.2 Å². The van der Waals surface area contributed by atoms with Crippen molar-refractivity contribution in [2.75, 3.05) is 13.2 Å². The Bertz CT molecular complexity index is 770. The smallest absolute Gasteiger partial charge is 0.207 e. The van der Waals surface area contributed by atoms with Crippen LogP contribution in [0.25, 0.3) is 10.9 Å². The summed E-state index contributed by atoms with van der Waals surface area (Å²) in [7, 11) is 0. The van der Waals surface area contributed by atoms with E-state index in [-0.39, 0.29) is 17.3 Å². The second kappa shape index (κ2) is 7.40. The van der Waals surface area contributed by atoms with Crippen molar-refractivity contribution in [2.45, 2.75) is 38.5 Å². The van der Waals surface area contributed by atoms with Crippen LogP contribution in [-0.4, -0.2) is 24.1 Å². The number of rotatable bonds is 5. The maximum absolute atomic E-state index is 12.2. The van der Waals surface area contributed by atoms with Crippen LogP contribution in [0.5, 0.6) is 0 Å². The third kappa shape index (κ3) is 3.61. The number of hydrogen-bond donors (Lipinski definition) is 0. The van der Waals surface area contributed by atoms with Gasteiger partial charge in [-0.3, -0.25) is 4.79 Å². The molecule has 1 aromatic heterocycles. The third-order valence-electron chi connectivity index (χ3n) is 4.09. The van der Waals surface area contributed by atoms with Crippen LogP contribution >= 0.6 is 0 Å². The molecule has 120 valence electrons. The molecule has 2 heterocycles. The van der Waals surface area contributed by atoms with E-state index in [1.807, 2.05) is 28.8 Å².